The minimum Gasteiger partial charge on any atom is -0.394 e. The van der Waals surface area contributed by atoms with Crippen molar-refractivity contribution in [2.75, 3.05) is 39.8 Å². The van der Waals surface area contributed by atoms with Gasteiger partial charge in [-0.3, -0.25) is 38.6 Å². The summed E-state index contributed by atoms with van der Waals surface area (Å²) in [5.74, 6) is -5.08. The van der Waals surface area contributed by atoms with Crippen molar-refractivity contribution in [3.05, 3.63) is 108 Å². The molecule has 0 radical (unpaired) electrons. The summed E-state index contributed by atoms with van der Waals surface area (Å²) in [6, 6.07) is 19.8. The summed E-state index contributed by atoms with van der Waals surface area (Å²) < 4.78 is 0. The second-order valence-electron chi connectivity index (χ2n) is 14.4. The maximum atomic E-state index is 14.2. The molecule has 0 saturated heterocycles. The van der Waals surface area contributed by atoms with E-state index in [0.717, 1.165) is 5.56 Å². The zero-order chi connectivity index (χ0) is 45.4. The van der Waals surface area contributed by atoms with E-state index < -0.39 is 84.7 Å². The first-order valence-corrected chi connectivity index (χ1v) is 20.2. The average Bonchev–Trinajstić information content (AvgIpc) is 3.27. The molecule has 0 unspecified atom stereocenters. The maximum Gasteiger partial charge on any atom is 0.245 e. The molecule has 3 rings (SSSR count). The number of hydrogen-bond acceptors (Lipinski definition) is 10. The number of aliphatic hydroxyl groups excluding tert-OH is 1. The molecule has 13 N–H and O–H groups in total. The predicted octanol–water partition coefficient (Wildman–Crippen LogP) is -2.26. The highest BCUT2D eigenvalue weighted by molar-refractivity contribution is 5.97. The zero-order valence-corrected chi connectivity index (χ0v) is 35.0. The van der Waals surface area contributed by atoms with Crippen LogP contribution in [-0.4, -0.2) is 127 Å². The van der Waals surface area contributed by atoms with Crippen LogP contribution in [0.15, 0.2) is 96.0 Å². The third-order valence-electron chi connectivity index (χ3n) is 9.66. The third-order valence-corrected chi connectivity index (χ3v) is 9.66. The van der Waals surface area contributed by atoms with Crippen molar-refractivity contribution in [2.24, 2.45) is 22.2 Å². The third kappa shape index (κ3) is 17.4. The summed E-state index contributed by atoms with van der Waals surface area (Å²) in [7, 11) is 1.77. The van der Waals surface area contributed by atoms with E-state index in [-0.39, 0.29) is 51.2 Å². The minimum absolute atomic E-state index is 0.0132. The second kappa shape index (κ2) is 26.4. The number of primary amides is 1. The molecule has 62 heavy (non-hydrogen) atoms. The maximum absolute atomic E-state index is 14.2. The lowest BCUT2D eigenvalue weighted by molar-refractivity contribution is -0.135. The molecule has 334 valence electrons. The smallest absolute Gasteiger partial charge is 0.245 e. The van der Waals surface area contributed by atoms with E-state index in [1.807, 2.05) is 6.92 Å². The average molecular weight is 858 g/mol. The lowest BCUT2D eigenvalue weighted by Crippen LogP contribution is -2.60. The van der Waals surface area contributed by atoms with Crippen molar-refractivity contribution >= 4 is 47.3 Å². The quantitative estimate of drug-likeness (QED) is 0.0246. The van der Waals surface area contributed by atoms with Gasteiger partial charge in [0.15, 0.2) is 5.96 Å². The lowest BCUT2D eigenvalue weighted by Gasteiger charge is -2.27. The van der Waals surface area contributed by atoms with Crippen LogP contribution in [0.1, 0.15) is 36.5 Å². The number of amides is 7. The van der Waals surface area contributed by atoms with E-state index in [0.29, 0.717) is 17.7 Å². The van der Waals surface area contributed by atoms with Gasteiger partial charge in [0, 0.05) is 39.4 Å². The van der Waals surface area contributed by atoms with E-state index in [1.54, 1.807) is 103 Å². The largest absolute Gasteiger partial charge is 0.394 e. The summed E-state index contributed by atoms with van der Waals surface area (Å²) >= 11 is 0. The van der Waals surface area contributed by atoms with Gasteiger partial charge in [0.2, 0.25) is 41.4 Å². The van der Waals surface area contributed by atoms with Gasteiger partial charge >= 0.3 is 0 Å². The molecule has 7 amide bonds. The van der Waals surface area contributed by atoms with Gasteiger partial charge in [0.25, 0.3) is 0 Å². The molecule has 0 fully saturated rings. The standard InChI is InChI=1S/C43H59N11O8/c1-3-54(2)43(46)47-21-13-20-31(39(59)51-32(38(45)58)22-28-14-7-4-8-15-28)50-41(61)34(24-30-18-11-6-12-19-30)52-42(62)35(27-55)53-40(60)33(23-29-16-9-5-10-17-29)49-37(57)26-48-36(56)25-44/h4-12,14-19,31-35,55H,3,13,20-27,44H2,1-2H3,(H2,45,58)(H2,46,47)(H,48,56)(H,49,57)(H,50,61)(H,51,59)(H,52,62)(H,53,60)/t31-,32-,33-,34-,35-/m0/s1. The number of nitrogens with two attached hydrogens (primary N) is 3. The van der Waals surface area contributed by atoms with Gasteiger partial charge in [-0.15, -0.1) is 0 Å². The highest BCUT2D eigenvalue weighted by Crippen LogP contribution is 2.09. The van der Waals surface area contributed by atoms with Crippen LogP contribution in [0.4, 0.5) is 0 Å². The number of rotatable bonds is 25. The van der Waals surface area contributed by atoms with Crippen molar-refractivity contribution in [3.63, 3.8) is 0 Å². The molecule has 3 aromatic rings. The van der Waals surface area contributed by atoms with Gasteiger partial charge < -0.3 is 59.1 Å². The molecule has 0 bridgehead atoms. The van der Waals surface area contributed by atoms with Crippen LogP contribution in [-0.2, 0) is 52.8 Å². The number of carbonyl (C=O) groups excluding carboxylic acids is 7. The summed E-state index contributed by atoms with van der Waals surface area (Å²) in [4.78, 5) is 98.5. The molecule has 0 aliphatic rings. The molecule has 0 spiro atoms. The van der Waals surface area contributed by atoms with E-state index >= 15 is 0 Å². The lowest BCUT2D eigenvalue weighted by atomic mass is 10.0. The molecule has 0 aliphatic carbocycles. The van der Waals surface area contributed by atoms with E-state index in [4.69, 9.17) is 17.2 Å². The van der Waals surface area contributed by atoms with Gasteiger partial charge in [-0.2, -0.15) is 0 Å². The van der Waals surface area contributed by atoms with E-state index in [1.165, 1.54) is 0 Å². The van der Waals surface area contributed by atoms with Crippen molar-refractivity contribution in [1.82, 2.24) is 36.8 Å². The number of nitrogens with one attached hydrogen (secondary N) is 6. The summed E-state index contributed by atoms with van der Waals surface area (Å²) in [5.41, 5.74) is 19.1. The fraction of sp³-hybridized carbons (Fsp3) is 0.395. The Kier molecular flexibility index (Phi) is 21.1. The Labute approximate surface area is 361 Å². The summed E-state index contributed by atoms with van der Waals surface area (Å²) in [6.07, 6.45) is 0.342. The van der Waals surface area contributed by atoms with Crippen LogP contribution < -0.4 is 49.1 Å². The number of aliphatic hydroxyl groups is 1. The van der Waals surface area contributed by atoms with E-state index in [2.05, 4.69) is 36.9 Å². The fourth-order valence-corrected chi connectivity index (χ4v) is 6.01. The Hall–Kier alpha value is -6.86. The molecule has 3 aromatic carbocycles. The van der Waals surface area contributed by atoms with Crippen molar-refractivity contribution in [2.45, 2.75) is 69.2 Å². The highest BCUT2D eigenvalue weighted by Gasteiger charge is 2.32. The molecule has 19 heteroatoms. The molecule has 19 nitrogen and oxygen atoms in total. The fourth-order valence-electron chi connectivity index (χ4n) is 6.01. The van der Waals surface area contributed by atoms with Gasteiger partial charge in [0.1, 0.15) is 30.2 Å². The Bertz CT molecular complexity index is 1950. The molecule has 0 aliphatic heterocycles. The zero-order valence-electron chi connectivity index (χ0n) is 35.0. The highest BCUT2D eigenvalue weighted by atomic mass is 16.3. The summed E-state index contributed by atoms with van der Waals surface area (Å²) in [6.45, 7) is 1.01. The van der Waals surface area contributed by atoms with E-state index in [9.17, 15) is 38.7 Å². The van der Waals surface area contributed by atoms with Crippen molar-refractivity contribution < 1.29 is 38.7 Å². The summed E-state index contributed by atoms with van der Waals surface area (Å²) in [5, 5.41) is 25.6. The molecular weight excluding hydrogens is 799 g/mol. The number of benzene rings is 3. The SMILES string of the molecule is CCN(C)C(N)=NCCC[C@H](NC(=O)[C@H](Cc1ccccc1)NC(=O)[C@H](CO)NC(=O)[C@H](Cc1ccccc1)NC(=O)CNC(=O)CN)C(=O)N[C@@H](Cc1ccccc1)C(N)=O. The van der Waals surface area contributed by atoms with Crippen LogP contribution >= 0.6 is 0 Å². The first-order valence-electron chi connectivity index (χ1n) is 20.2. The number of aliphatic imine (C=N–C) groups is 1. The number of hydrogen-bond donors (Lipinski definition) is 10. The molecular formula is C43H59N11O8. The number of guanidine groups is 1. The number of nitrogens with zero attached hydrogens (tertiary/aromatic N) is 2. The molecule has 0 saturated carbocycles. The van der Waals surface area contributed by atoms with Gasteiger partial charge in [-0.1, -0.05) is 91.0 Å². The normalized spacial score (nSPS) is 13.5. The van der Waals surface area contributed by atoms with Crippen LogP contribution in [0.2, 0.25) is 0 Å². The number of carbonyl (C=O) groups is 7. The van der Waals surface area contributed by atoms with Crippen LogP contribution in [0.5, 0.6) is 0 Å². The van der Waals surface area contributed by atoms with Crippen molar-refractivity contribution in [3.8, 4) is 0 Å². The first kappa shape index (κ1) is 49.5. The first-order chi connectivity index (χ1) is 29.7. The van der Waals surface area contributed by atoms with Crippen molar-refractivity contribution in [1.29, 1.82) is 0 Å². The second-order valence-corrected chi connectivity index (χ2v) is 14.4. The minimum atomic E-state index is -1.60. The molecule has 0 aromatic heterocycles. The molecule has 0 heterocycles. The Morgan fingerprint density at radius 2 is 1.03 bits per heavy atom. The molecule has 5 atom stereocenters. The monoisotopic (exact) mass is 857 g/mol. The van der Waals surface area contributed by atoms with Gasteiger partial charge in [-0.25, -0.2) is 0 Å². The predicted molar refractivity (Wildman–Crippen MR) is 232 cm³/mol. The van der Waals surface area contributed by atoms with Crippen LogP contribution in [0.3, 0.4) is 0 Å². The Balaban J connectivity index is 1.86. The van der Waals surface area contributed by atoms with Gasteiger partial charge in [0.05, 0.1) is 19.7 Å². The Morgan fingerprint density at radius 1 is 0.613 bits per heavy atom. The van der Waals surface area contributed by atoms with Gasteiger partial charge in [-0.05, 0) is 36.5 Å². The Morgan fingerprint density at radius 3 is 1.50 bits per heavy atom. The van der Waals surface area contributed by atoms with Crippen LogP contribution in [0.25, 0.3) is 0 Å². The topological polar surface area (TPSA) is 306 Å². The van der Waals surface area contributed by atoms with Crippen LogP contribution in [0, 0.1) is 0 Å².